The number of aromatic nitrogens is 2. The molecule has 0 saturated heterocycles. The molecular formula is C23H20FN3OS2. The molecule has 2 aromatic carbocycles. The van der Waals surface area contributed by atoms with E-state index in [9.17, 15) is 8.60 Å². The average Bonchev–Trinajstić information content (AvgIpc) is 3.25. The van der Waals surface area contributed by atoms with Gasteiger partial charge in [-0.3, -0.25) is 4.72 Å². The topological polar surface area (TPSA) is 54.9 Å². The first-order valence-electron chi connectivity index (χ1n) is 9.31. The Hall–Kier alpha value is -3.03. The third kappa shape index (κ3) is 3.86. The molecule has 0 saturated carbocycles. The van der Waals surface area contributed by atoms with Crippen LogP contribution in [0, 0.1) is 5.82 Å². The van der Waals surface area contributed by atoms with Crippen molar-refractivity contribution in [3.63, 3.8) is 0 Å². The molecule has 2 heterocycles. The standard InChI is InChI=1S/C23H20FN3OS2/c1-16(2)30(28,19-7-4-3-5-8-19)27-23-20(9-6-14-25-23)22-21(26-15-29-22)17-10-12-18(24)13-11-17/h3-15H,1-2H3,(H,25,27,28). The quantitative estimate of drug-likeness (QED) is 0.396. The Morgan fingerprint density at radius 1 is 0.967 bits per heavy atom. The molecule has 30 heavy (non-hydrogen) atoms. The number of benzene rings is 2. The average molecular weight is 438 g/mol. The molecule has 0 aliphatic carbocycles. The van der Waals surface area contributed by atoms with Gasteiger partial charge < -0.3 is 0 Å². The van der Waals surface area contributed by atoms with E-state index in [1.165, 1.54) is 23.5 Å². The van der Waals surface area contributed by atoms with E-state index < -0.39 is 9.71 Å². The van der Waals surface area contributed by atoms with E-state index in [0.29, 0.717) is 10.7 Å². The van der Waals surface area contributed by atoms with Crippen molar-refractivity contribution >= 4 is 31.7 Å². The second-order valence-electron chi connectivity index (χ2n) is 6.82. The van der Waals surface area contributed by atoms with Gasteiger partial charge in [0, 0.05) is 22.2 Å². The summed E-state index contributed by atoms with van der Waals surface area (Å²) in [5.41, 5.74) is 4.09. The Morgan fingerprint density at radius 3 is 2.40 bits per heavy atom. The van der Waals surface area contributed by atoms with Gasteiger partial charge in [0.05, 0.1) is 25.8 Å². The molecule has 0 aliphatic rings. The number of anilines is 1. The molecule has 4 nitrogen and oxygen atoms in total. The van der Waals surface area contributed by atoms with Crippen molar-refractivity contribution in [2.24, 2.45) is 0 Å². The van der Waals surface area contributed by atoms with E-state index >= 15 is 0 Å². The van der Waals surface area contributed by atoms with Crippen molar-refractivity contribution in [1.82, 2.24) is 9.97 Å². The summed E-state index contributed by atoms with van der Waals surface area (Å²) in [5.74, 6) is 0.219. The van der Waals surface area contributed by atoms with Crippen molar-refractivity contribution in [3.05, 3.63) is 84.3 Å². The van der Waals surface area contributed by atoms with Crippen molar-refractivity contribution in [2.75, 3.05) is 4.72 Å². The van der Waals surface area contributed by atoms with Crippen LogP contribution < -0.4 is 4.72 Å². The number of nitrogens with one attached hydrogen (secondary N) is 1. The van der Waals surface area contributed by atoms with Crippen molar-refractivity contribution in [2.45, 2.75) is 18.7 Å². The molecule has 0 amide bonds. The Bertz CT molecular complexity index is 1290. The molecule has 4 aromatic rings. The minimum Gasteiger partial charge on any atom is -0.293 e. The summed E-state index contributed by atoms with van der Waals surface area (Å²) >= 11 is 1.46. The molecular weight excluding hydrogens is 417 g/mol. The Kier molecular flexibility index (Phi) is 5.65. The highest BCUT2D eigenvalue weighted by molar-refractivity contribution is 8.03. The molecule has 0 fully saturated rings. The predicted molar refractivity (Wildman–Crippen MR) is 124 cm³/mol. The number of nitrogens with zero attached hydrogens (tertiary/aromatic N) is 2. The number of thiazole rings is 1. The summed E-state index contributed by atoms with van der Waals surface area (Å²) in [5, 5.41) is 0. The molecule has 1 N–H and O–H groups in total. The van der Waals surface area contributed by atoms with Crippen molar-refractivity contribution < 1.29 is 8.60 Å². The monoisotopic (exact) mass is 437 g/mol. The molecule has 0 radical (unpaired) electrons. The Balaban J connectivity index is 1.82. The summed E-state index contributed by atoms with van der Waals surface area (Å²) in [4.78, 5) is 11.3. The molecule has 1 unspecified atom stereocenters. The van der Waals surface area contributed by atoms with E-state index in [1.807, 2.05) is 56.3 Å². The van der Waals surface area contributed by atoms with Gasteiger partial charge in [-0.05, 0) is 67.2 Å². The van der Waals surface area contributed by atoms with Crippen LogP contribution >= 0.6 is 11.3 Å². The number of hydrogen-bond donors (Lipinski definition) is 1. The smallest absolute Gasteiger partial charge is 0.146 e. The summed E-state index contributed by atoms with van der Waals surface area (Å²) in [6, 6.07) is 19.3. The van der Waals surface area contributed by atoms with E-state index in [2.05, 4.69) is 14.7 Å². The van der Waals surface area contributed by atoms with E-state index in [0.717, 1.165) is 26.6 Å². The SMILES string of the molecule is CC(C)=S(=O)(Nc1ncccc1-c1scnc1-c1ccc(F)cc1)c1ccccc1. The van der Waals surface area contributed by atoms with Gasteiger partial charge in [-0.25, -0.2) is 18.6 Å². The van der Waals surface area contributed by atoms with E-state index in [4.69, 9.17) is 0 Å². The van der Waals surface area contributed by atoms with Crippen LogP contribution in [0.3, 0.4) is 0 Å². The Morgan fingerprint density at radius 2 is 1.70 bits per heavy atom. The maximum absolute atomic E-state index is 13.9. The van der Waals surface area contributed by atoms with Crippen molar-refractivity contribution in [3.8, 4) is 21.7 Å². The van der Waals surface area contributed by atoms with Gasteiger partial charge in [0.2, 0.25) is 0 Å². The minimum absolute atomic E-state index is 0.296. The third-order valence-electron chi connectivity index (χ3n) is 4.63. The zero-order valence-electron chi connectivity index (χ0n) is 16.5. The van der Waals surface area contributed by atoms with Crippen LogP contribution in [-0.2, 0) is 9.71 Å². The number of halogens is 1. The molecule has 0 aliphatic heterocycles. The normalized spacial score (nSPS) is 12.9. The molecule has 0 spiro atoms. The number of pyridine rings is 1. The maximum atomic E-state index is 13.9. The van der Waals surface area contributed by atoms with Crippen LogP contribution in [0.25, 0.3) is 21.7 Å². The fourth-order valence-electron chi connectivity index (χ4n) is 3.07. The van der Waals surface area contributed by atoms with Gasteiger partial charge in [0.25, 0.3) is 0 Å². The first kappa shape index (κ1) is 20.3. The Labute approximate surface area is 179 Å². The lowest BCUT2D eigenvalue weighted by atomic mass is 10.1. The largest absolute Gasteiger partial charge is 0.293 e. The van der Waals surface area contributed by atoms with Gasteiger partial charge in [-0.15, -0.1) is 11.3 Å². The molecule has 4 rings (SSSR count). The summed E-state index contributed by atoms with van der Waals surface area (Å²) in [6.07, 6.45) is 1.67. The van der Waals surface area contributed by atoms with Crippen molar-refractivity contribution in [1.29, 1.82) is 0 Å². The van der Waals surface area contributed by atoms with Crippen LogP contribution in [0.1, 0.15) is 13.8 Å². The van der Waals surface area contributed by atoms with Gasteiger partial charge in [-0.1, -0.05) is 18.2 Å². The lowest BCUT2D eigenvalue weighted by molar-refractivity contribution is 0.628. The lowest BCUT2D eigenvalue weighted by Gasteiger charge is -2.18. The molecule has 152 valence electrons. The van der Waals surface area contributed by atoms with E-state index in [-0.39, 0.29) is 5.82 Å². The molecule has 1 atom stereocenters. The van der Waals surface area contributed by atoms with E-state index in [1.54, 1.807) is 23.8 Å². The second kappa shape index (κ2) is 8.38. The highest BCUT2D eigenvalue weighted by Crippen LogP contribution is 2.38. The fraction of sp³-hybridized carbons (Fsp3) is 0.0870. The summed E-state index contributed by atoms with van der Waals surface area (Å²) < 4.78 is 30.5. The zero-order chi connectivity index (χ0) is 21.1. The highest BCUT2D eigenvalue weighted by atomic mass is 32.2. The maximum Gasteiger partial charge on any atom is 0.146 e. The molecule has 0 bridgehead atoms. The highest BCUT2D eigenvalue weighted by Gasteiger charge is 2.19. The molecule has 2 aromatic heterocycles. The summed E-state index contributed by atoms with van der Waals surface area (Å²) in [7, 11) is -2.70. The summed E-state index contributed by atoms with van der Waals surface area (Å²) in [6.45, 7) is 3.70. The van der Waals surface area contributed by atoms with Crippen LogP contribution in [0.2, 0.25) is 0 Å². The van der Waals surface area contributed by atoms with Crippen LogP contribution in [0.5, 0.6) is 0 Å². The molecule has 7 heteroatoms. The predicted octanol–water partition coefficient (Wildman–Crippen LogP) is 5.89. The first-order chi connectivity index (χ1) is 14.5. The first-order valence-corrected chi connectivity index (χ1v) is 11.7. The van der Waals surface area contributed by atoms with Gasteiger partial charge >= 0.3 is 0 Å². The minimum atomic E-state index is -2.70. The van der Waals surface area contributed by atoms with Gasteiger partial charge in [0.1, 0.15) is 11.6 Å². The van der Waals surface area contributed by atoms with Gasteiger partial charge in [-0.2, -0.15) is 0 Å². The fourth-order valence-corrected chi connectivity index (χ4v) is 5.67. The van der Waals surface area contributed by atoms with Crippen LogP contribution in [0.15, 0.2) is 83.3 Å². The zero-order valence-corrected chi connectivity index (χ0v) is 18.1. The number of hydrogen-bond acceptors (Lipinski definition) is 4. The lowest BCUT2D eigenvalue weighted by Crippen LogP contribution is -2.20. The number of rotatable bonds is 5. The van der Waals surface area contributed by atoms with Gasteiger partial charge in [0.15, 0.2) is 0 Å². The van der Waals surface area contributed by atoms with Crippen LogP contribution in [0.4, 0.5) is 10.2 Å². The third-order valence-corrected chi connectivity index (χ3v) is 8.05. The second-order valence-corrected chi connectivity index (χ2v) is 10.3. The van der Waals surface area contributed by atoms with Crippen LogP contribution in [-0.4, -0.2) is 19.0 Å².